The molecule has 0 saturated heterocycles. The molecule has 4 aromatic rings. The summed E-state index contributed by atoms with van der Waals surface area (Å²) < 4.78 is 0. The second kappa shape index (κ2) is 10.6. The van der Waals surface area contributed by atoms with Gasteiger partial charge >= 0.3 is 0 Å². The van der Waals surface area contributed by atoms with Crippen molar-refractivity contribution in [1.82, 2.24) is 0 Å². The molecule has 4 aromatic carbocycles. The lowest BCUT2D eigenvalue weighted by atomic mass is 9.82. The van der Waals surface area contributed by atoms with Gasteiger partial charge in [0.1, 0.15) is 0 Å². The molecule has 0 amide bonds. The Morgan fingerprint density at radius 3 is 2.15 bits per heavy atom. The first kappa shape index (κ1) is 25.6. The Hall–Kier alpha value is -4.36. The van der Waals surface area contributed by atoms with Crippen molar-refractivity contribution in [3.05, 3.63) is 155 Å². The van der Waals surface area contributed by atoms with Crippen LogP contribution in [0.2, 0.25) is 0 Å². The third kappa shape index (κ3) is 4.70. The molecule has 41 heavy (non-hydrogen) atoms. The molecule has 202 valence electrons. The van der Waals surface area contributed by atoms with Gasteiger partial charge in [-0.25, -0.2) is 0 Å². The Labute approximate surface area is 244 Å². The molecular weight excluding hydrogens is 494 g/mol. The summed E-state index contributed by atoms with van der Waals surface area (Å²) >= 11 is 0. The molecule has 0 bridgehead atoms. The van der Waals surface area contributed by atoms with Crippen LogP contribution in [0.15, 0.2) is 133 Å². The number of nitrogens with zero attached hydrogens (tertiary/aromatic N) is 1. The lowest BCUT2D eigenvalue weighted by molar-refractivity contribution is 0.660. The fraction of sp³-hybridized carbons (Fsp3) is 0.200. The summed E-state index contributed by atoms with van der Waals surface area (Å²) in [4.78, 5) is 2.48. The van der Waals surface area contributed by atoms with Crippen molar-refractivity contribution in [2.75, 3.05) is 4.90 Å². The SMILES string of the molecule is CC1(C)c2ccccc2-c2ccc(N(c3cccc(CC4=CCCC=C4)c3)c3ccccc3C3=CCCC=C3)cc21. The van der Waals surface area contributed by atoms with E-state index in [1.54, 1.807) is 0 Å². The highest BCUT2D eigenvalue weighted by Gasteiger charge is 2.35. The van der Waals surface area contributed by atoms with E-state index in [-0.39, 0.29) is 5.41 Å². The molecule has 0 fully saturated rings. The second-order valence-corrected chi connectivity index (χ2v) is 12.0. The second-order valence-electron chi connectivity index (χ2n) is 12.0. The fourth-order valence-corrected chi connectivity index (χ4v) is 6.82. The molecule has 3 aliphatic rings. The van der Waals surface area contributed by atoms with E-state index in [4.69, 9.17) is 0 Å². The van der Waals surface area contributed by atoms with Crippen LogP contribution in [0.5, 0.6) is 0 Å². The summed E-state index contributed by atoms with van der Waals surface area (Å²) in [5, 5.41) is 0. The smallest absolute Gasteiger partial charge is 0.0539 e. The molecule has 0 radical (unpaired) electrons. The first-order valence-electron chi connectivity index (χ1n) is 15.0. The average Bonchev–Trinajstić information content (AvgIpc) is 3.25. The van der Waals surface area contributed by atoms with Gasteiger partial charge in [-0.2, -0.15) is 0 Å². The molecule has 0 saturated carbocycles. The molecule has 1 nitrogen and oxygen atoms in total. The summed E-state index contributed by atoms with van der Waals surface area (Å²) in [5.41, 5.74) is 14.4. The van der Waals surface area contributed by atoms with Gasteiger partial charge in [-0.1, -0.05) is 111 Å². The fourth-order valence-electron chi connectivity index (χ4n) is 6.82. The van der Waals surface area contributed by atoms with Crippen LogP contribution in [-0.4, -0.2) is 0 Å². The Balaban J connectivity index is 1.39. The number of rotatable bonds is 6. The third-order valence-corrected chi connectivity index (χ3v) is 8.93. The molecule has 0 N–H and O–H groups in total. The number of fused-ring (bicyclic) bond motifs is 3. The minimum Gasteiger partial charge on any atom is -0.310 e. The van der Waals surface area contributed by atoms with E-state index in [1.807, 2.05) is 0 Å². The van der Waals surface area contributed by atoms with Crippen LogP contribution in [0.4, 0.5) is 17.1 Å². The zero-order chi connectivity index (χ0) is 27.8. The van der Waals surface area contributed by atoms with Crippen LogP contribution >= 0.6 is 0 Å². The summed E-state index contributed by atoms with van der Waals surface area (Å²) in [6.45, 7) is 4.73. The Bertz CT molecular complexity index is 1740. The molecular formula is C40H37N. The van der Waals surface area contributed by atoms with Crippen LogP contribution < -0.4 is 4.90 Å². The molecule has 1 heteroatoms. The molecule has 0 heterocycles. The van der Waals surface area contributed by atoms with E-state index < -0.39 is 0 Å². The van der Waals surface area contributed by atoms with Crippen molar-refractivity contribution in [2.45, 2.75) is 51.4 Å². The normalized spacial score (nSPS) is 16.5. The molecule has 0 aliphatic heterocycles. The molecule has 0 spiro atoms. The van der Waals surface area contributed by atoms with E-state index in [9.17, 15) is 0 Å². The molecule has 0 aromatic heterocycles. The molecule has 3 aliphatic carbocycles. The predicted octanol–water partition coefficient (Wildman–Crippen LogP) is 11.0. The maximum atomic E-state index is 2.48. The minimum atomic E-state index is -0.0522. The summed E-state index contributed by atoms with van der Waals surface area (Å²) in [5.74, 6) is 0. The number of para-hydroxylation sites is 1. The van der Waals surface area contributed by atoms with Crippen molar-refractivity contribution in [3.63, 3.8) is 0 Å². The van der Waals surface area contributed by atoms with Gasteiger partial charge in [0.05, 0.1) is 5.69 Å². The lowest BCUT2D eigenvalue weighted by Gasteiger charge is -2.30. The summed E-state index contributed by atoms with van der Waals surface area (Å²) in [7, 11) is 0. The van der Waals surface area contributed by atoms with E-state index in [2.05, 4.69) is 146 Å². The monoisotopic (exact) mass is 531 g/mol. The molecule has 0 atom stereocenters. The van der Waals surface area contributed by atoms with Crippen LogP contribution in [0.3, 0.4) is 0 Å². The Kier molecular flexibility index (Phi) is 6.59. The van der Waals surface area contributed by atoms with E-state index >= 15 is 0 Å². The standard InChI is InChI=1S/C40H37N/c1-40(2)37-22-11-9-21-35(37)36-25-24-33(28-38(36)40)41(39-23-12-10-20-34(39)31-17-7-4-8-18-31)32-19-13-16-30(27-32)26-29-14-5-3-6-15-29/h5,7,9-25,27-28H,3-4,6,8,26H2,1-2H3. The van der Waals surface area contributed by atoms with Gasteiger partial charge in [-0.05, 0) is 101 Å². The van der Waals surface area contributed by atoms with Gasteiger partial charge < -0.3 is 4.90 Å². The highest BCUT2D eigenvalue weighted by atomic mass is 15.1. The van der Waals surface area contributed by atoms with Crippen molar-refractivity contribution in [3.8, 4) is 11.1 Å². The summed E-state index contributed by atoms with van der Waals surface area (Å²) in [6, 6.07) is 34.0. The van der Waals surface area contributed by atoms with Crippen molar-refractivity contribution in [1.29, 1.82) is 0 Å². The number of anilines is 3. The molecule has 7 rings (SSSR count). The predicted molar refractivity (Wildman–Crippen MR) is 175 cm³/mol. The Morgan fingerprint density at radius 2 is 1.34 bits per heavy atom. The first-order valence-corrected chi connectivity index (χ1v) is 15.0. The lowest BCUT2D eigenvalue weighted by Crippen LogP contribution is -2.17. The van der Waals surface area contributed by atoms with E-state index in [0.717, 1.165) is 32.1 Å². The quantitative estimate of drug-likeness (QED) is 0.239. The topological polar surface area (TPSA) is 3.24 Å². The van der Waals surface area contributed by atoms with E-state index in [0.29, 0.717) is 0 Å². The number of hydrogen-bond acceptors (Lipinski definition) is 1. The van der Waals surface area contributed by atoms with Crippen LogP contribution in [0.1, 0.15) is 61.8 Å². The maximum Gasteiger partial charge on any atom is 0.0539 e. The maximum absolute atomic E-state index is 2.48. The first-order chi connectivity index (χ1) is 20.1. The Morgan fingerprint density at radius 1 is 0.610 bits per heavy atom. The van der Waals surface area contributed by atoms with Crippen LogP contribution in [0, 0.1) is 0 Å². The van der Waals surface area contributed by atoms with Gasteiger partial charge in [-0.3, -0.25) is 0 Å². The highest BCUT2D eigenvalue weighted by molar-refractivity contribution is 5.91. The van der Waals surface area contributed by atoms with E-state index in [1.165, 1.54) is 61.6 Å². The van der Waals surface area contributed by atoms with Gasteiger partial charge in [-0.15, -0.1) is 0 Å². The van der Waals surface area contributed by atoms with Crippen LogP contribution in [-0.2, 0) is 11.8 Å². The van der Waals surface area contributed by atoms with Crippen molar-refractivity contribution in [2.24, 2.45) is 0 Å². The number of allylic oxidation sites excluding steroid dienone is 8. The van der Waals surface area contributed by atoms with Gasteiger partial charge in [0.15, 0.2) is 0 Å². The number of hydrogen-bond donors (Lipinski definition) is 0. The third-order valence-electron chi connectivity index (χ3n) is 8.93. The zero-order valence-electron chi connectivity index (χ0n) is 24.1. The highest BCUT2D eigenvalue weighted by Crippen LogP contribution is 2.51. The summed E-state index contributed by atoms with van der Waals surface area (Å²) in [6.07, 6.45) is 19.4. The van der Waals surface area contributed by atoms with Crippen LogP contribution in [0.25, 0.3) is 16.7 Å². The number of benzene rings is 4. The zero-order valence-corrected chi connectivity index (χ0v) is 24.1. The van der Waals surface area contributed by atoms with Crippen molar-refractivity contribution < 1.29 is 0 Å². The van der Waals surface area contributed by atoms with Crippen molar-refractivity contribution >= 4 is 22.6 Å². The average molecular weight is 532 g/mol. The minimum absolute atomic E-state index is 0.0522. The largest absolute Gasteiger partial charge is 0.310 e. The van der Waals surface area contributed by atoms with Gasteiger partial charge in [0.2, 0.25) is 0 Å². The van der Waals surface area contributed by atoms with Gasteiger partial charge in [0.25, 0.3) is 0 Å². The molecule has 0 unspecified atom stereocenters. The van der Waals surface area contributed by atoms with Gasteiger partial charge in [0, 0.05) is 22.4 Å².